The maximum Gasteiger partial charge on any atom is 0.0250 e. The third kappa shape index (κ3) is 2.76. The Bertz CT molecular complexity index is 1200. The molecule has 2 aliphatic carbocycles. The van der Waals surface area contributed by atoms with Gasteiger partial charge in [0.05, 0.1) is 0 Å². The minimum atomic E-state index is 0.482. The minimum Gasteiger partial charge on any atom is -0.0652 e. The molecule has 0 radical (unpaired) electrons. The van der Waals surface area contributed by atoms with Crippen molar-refractivity contribution in [1.82, 2.24) is 0 Å². The van der Waals surface area contributed by atoms with E-state index in [-0.39, 0.29) is 0 Å². The lowest BCUT2D eigenvalue weighted by Crippen LogP contribution is -2.06. The number of hydrogen-bond donors (Lipinski definition) is 0. The second kappa shape index (κ2) is 6.71. The van der Waals surface area contributed by atoms with Gasteiger partial charge in [0.2, 0.25) is 0 Å². The molecular formula is C26H22Br2. The first-order valence-electron chi connectivity index (χ1n) is 9.81. The molecule has 0 aromatic heterocycles. The zero-order chi connectivity index (χ0) is 19.6. The Morgan fingerprint density at radius 3 is 2.29 bits per heavy atom. The zero-order valence-electron chi connectivity index (χ0n) is 16.3. The molecule has 3 aromatic carbocycles. The minimum absolute atomic E-state index is 0.482. The summed E-state index contributed by atoms with van der Waals surface area (Å²) in [4.78, 5) is 0. The first-order chi connectivity index (χ1) is 13.4. The SMILES string of the molecule is CC1=Cc2c(Br)cccc2C1CC1C(C)=Cc2c1cc1cc(Br)ccc1c2C. The topological polar surface area (TPSA) is 0 Å². The fraction of sp³-hybridized carbons (Fsp3) is 0.231. The highest BCUT2D eigenvalue weighted by Crippen LogP contribution is 2.49. The van der Waals surface area contributed by atoms with Crippen LogP contribution in [0, 0.1) is 6.92 Å². The molecule has 2 unspecified atom stereocenters. The van der Waals surface area contributed by atoms with E-state index in [0.717, 1.165) is 10.9 Å². The Morgan fingerprint density at radius 2 is 1.50 bits per heavy atom. The summed E-state index contributed by atoms with van der Waals surface area (Å²) in [7, 11) is 0. The third-order valence-electron chi connectivity index (χ3n) is 6.60. The van der Waals surface area contributed by atoms with Crippen LogP contribution in [-0.4, -0.2) is 0 Å². The molecule has 0 N–H and O–H groups in total. The van der Waals surface area contributed by atoms with Crippen LogP contribution in [-0.2, 0) is 0 Å². The lowest BCUT2D eigenvalue weighted by Gasteiger charge is -2.23. The molecule has 0 heterocycles. The van der Waals surface area contributed by atoms with Crippen molar-refractivity contribution in [2.45, 2.75) is 39.0 Å². The Kier molecular flexibility index (Phi) is 4.41. The average molecular weight is 494 g/mol. The van der Waals surface area contributed by atoms with Gasteiger partial charge in [-0.25, -0.2) is 0 Å². The number of rotatable bonds is 2. The lowest BCUT2D eigenvalue weighted by molar-refractivity contribution is 0.643. The van der Waals surface area contributed by atoms with Gasteiger partial charge in [-0.2, -0.15) is 0 Å². The number of benzene rings is 3. The van der Waals surface area contributed by atoms with Gasteiger partial charge in [-0.3, -0.25) is 0 Å². The maximum absolute atomic E-state index is 3.74. The molecule has 2 aliphatic rings. The van der Waals surface area contributed by atoms with E-state index in [1.165, 1.54) is 54.2 Å². The zero-order valence-corrected chi connectivity index (χ0v) is 19.5. The first-order valence-corrected chi connectivity index (χ1v) is 11.4. The van der Waals surface area contributed by atoms with Gasteiger partial charge in [-0.05, 0) is 90.0 Å². The largest absolute Gasteiger partial charge is 0.0652 e. The fourth-order valence-corrected chi connectivity index (χ4v) is 5.97. The lowest BCUT2D eigenvalue weighted by atomic mass is 9.81. The monoisotopic (exact) mass is 492 g/mol. The van der Waals surface area contributed by atoms with Gasteiger partial charge in [0.1, 0.15) is 0 Å². The van der Waals surface area contributed by atoms with Crippen LogP contribution in [0.4, 0.5) is 0 Å². The molecule has 2 heteroatoms. The highest BCUT2D eigenvalue weighted by Gasteiger charge is 2.31. The van der Waals surface area contributed by atoms with Crippen molar-refractivity contribution in [3.05, 3.63) is 90.4 Å². The highest BCUT2D eigenvalue weighted by molar-refractivity contribution is 9.10. The molecule has 0 saturated heterocycles. The van der Waals surface area contributed by atoms with E-state index in [0.29, 0.717) is 11.8 Å². The third-order valence-corrected chi connectivity index (χ3v) is 7.78. The molecule has 140 valence electrons. The molecule has 0 bridgehead atoms. The van der Waals surface area contributed by atoms with Crippen molar-refractivity contribution >= 4 is 54.8 Å². The summed E-state index contributed by atoms with van der Waals surface area (Å²) in [6.45, 7) is 6.86. The van der Waals surface area contributed by atoms with Crippen molar-refractivity contribution in [3.63, 3.8) is 0 Å². The molecule has 28 heavy (non-hydrogen) atoms. The van der Waals surface area contributed by atoms with Crippen molar-refractivity contribution in [2.24, 2.45) is 0 Å². The Hall–Kier alpha value is -1.64. The van der Waals surface area contributed by atoms with Gasteiger partial charge in [-0.15, -0.1) is 0 Å². The van der Waals surface area contributed by atoms with E-state index in [1.54, 1.807) is 0 Å². The highest BCUT2D eigenvalue weighted by atomic mass is 79.9. The number of hydrogen-bond acceptors (Lipinski definition) is 0. The van der Waals surface area contributed by atoms with Crippen LogP contribution in [0.15, 0.2) is 62.6 Å². The second-order valence-electron chi connectivity index (χ2n) is 8.23. The number of halogens is 2. The fourth-order valence-electron chi connectivity index (χ4n) is 5.10. The average Bonchev–Trinajstić information content (AvgIpc) is 3.14. The van der Waals surface area contributed by atoms with E-state index in [4.69, 9.17) is 0 Å². The Balaban J connectivity index is 1.60. The van der Waals surface area contributed by atoms with Crippen LogP contribution in [0.5, 0.6) is 0 Å². The van der Waals surface area contributed by atoms with E-state index >= 15 is 0 Å². The maximum atomic E-state index is 3.74. The molecule has 5 rings (SSSR count). The first kappa shape index (κ1) is 18.4. The van der Waals surface area contributed by atoms with E-state index in [1.807, 2.05) is 0 Å². The number of allylic oxidation sites excluding steroid dienone is 2. The van der Waals surface area contributed by atoms with Crippen molar-refractivity contribution in [3.8, 4) is 0 Å². The van der Waals surface area contributed by atoms with Crippen LogP contribution in [0.1, 0.15) is 59.9 Å². The molecule has 0 amide bonds. The predicted octanol–water partition coefficient (Wildman–Crippen LogP) is 8.76. The smallest absolute Gasteiger partial charge is 0.0250 e. The Morgan fingerprint density at radius 1 is 0.786 bits per heavy atom. The van der Waals surface area contributed by atoms with E-state index in [9.17, 15) is 0 Å². The second-order valence-corrected chi connectivity index (χ2v) is 10.0. The molecular weight excluding hydrogens is 472 g/mol. The van der Waals surface area contributed by atoms with Crippen molar-refractivity contribution in [1.29, 1.82) is 0 Å². The summed E-state index contributed by atoms with van der Waals surface area (Å²) in [6, 6.07) is 15.7. The quantitative estimate of drug-likeness (QED) is 0.334. The van der Waals surface area contributed by atoms with E-state index in [2.05, 4.69) is 107 Å². The summed E-state index contributed by atoms with van der Waals surface area (Å²) < 4.78 is 2.35. The summed E-state index contributed by atoms with van der Waals surface area (Å²) in [5.74, 6) is 0.973. The van der Waals surface area contributed by atoms with Crippen LogP contribution < -0.4 is 0 Å². The van der Waals surface area contributed by atoms with Crippen LogP contribution in [0.2, 0.25) is 0 Å². The van der Waals surface area contributed by atoms with Crippen LogP contribution in [0.25, 0.3) is 22.9 Å². The summed E-state index contributed by atoms with van der Waals surface area (Å²) in [5.41, 5.74) is 10.1. The van der Waals surface area contributed by atoms with Gasteiger partial charge < -0.3 is 0 Å². The van der Waals surface area contributed by atoms with Crippen molar-refractivity contribution in [2.75, 3.05) is 0 Å². The molecule has 0 aliphatic heterocycles. The molecule has 0 saturated carbocycles. The van der Waals surface area contributed by atoms with Gasteiger partial charge in [0, 0.05) is 20.8 Å². The number of fused-ring (bicyclic) bond motifs is 3. The van der Waals surface area contributed by atoms with Crippen molar-refractivity contribution < 1.29 is 0 Å². The molecule has 0 nitrogen and oxygen atoms in total. The Labute approximate surface area is 183 Å². The predicted molar refractivity (Wildman–Crippen MR) is 128 cm³/mol. The normalized spacial score (nSPS) is 20.2. The standard InChI is InChI=1S/C26H22Br2/c1-14-9-23-16(3)19-8-7-18(27)11-17(19)12-24(23)22(14)13-21-15(2)10-25-20(21)5-4-6-26(25)28/h4-12,21-22H,13H2,1-3H3. The van der Waals surface area contributed by atoms with E-state index < -0.39 is 0 Å². The summed E-state index contributed by atoms with van der Waals surface area (Å²) in [5, 5.41) is 2.69. The molecule has 0 spiro atoms. The van der Waals surface area contributed by atoms with Gasteiger partial charge in [0.15, 0.2) is 0 Å². The van der Waals surface area contributed by atoms with Gasteiger partial charge >= 0.3 is 0 Å². The van der Waals surface area contributed by atoms with Crippen LogP contribution in [0.3, 0.4) is 0 Å². The summed E-state index contributed by atoms with van der Waals surface area (Å²) >= 11 is 7.38. The summed E-state index contributed by atoms with van der Waals surface area (Å²) in [6.07, 6.45) is 5.93. The van der Waals surface area contributed by atoms with Gasteiger partial charge in [-0.1, -0.05) is 73.4 Å². The number of aryl methyl sites for hydroxylation is 1. The van der Waals surface area contributed by atoms with Gasteiger partial charge in [0.25, 0.3) is 0 Å². The molecule has 0 fully saturated rings. The molecule has 2 atom stereocenters. The molecule has 3 aromatic rings. The van der Waals surface area contributed by atoms with Crippen LogP contribution >= 0.6 is 31.9 Å².